The lowest BCUT2D eigenvalue weighted by Crippen LogP contribution is -2.09. The van der Waals surface area contributed by atoms with Crippen LogP contribution >= 0.6 is 0 Å². The van der Waals surface area contributed by atoms with Crippen molar-refractivity contribution in [1.29, 1.82) is 0 Å². The van der Waals surface area contributed by atoms with E-state index < -0.39 is 0 Å². The second kappa shape index (κ2) is 6.55. The first kappa shape index (κ1) is 14.6. The molecule has 0 N–H and O–H groups in total. The Kier molecular flexibility index (Phi) is 4.77. The van der Waals surface area contributed by atoms with Crippen LogP contribution < -0.4 is 4.74 Å². The zero-order chi connectivity index (χ0) is 14.5. The van der Waals surface area contributed by atoms with E-state index in [-0.39, 0.29) is 0 Å². The van der Waals surface area contributed by atoms with E-state index in [9.17, 15) is 0 Å². The van der Waals surface area contributed by atoms with Crippen LogP contribution in [0.3, 0.4) is 0 Å². The Balaban J connectivity index is 2.06. The van der Waals surface area contributed by atoms with Crippen molar-refractivity contribution in [1.82, 2.24) is 14.8 Å². The van der Waals surface area contributed by atoms with Crippen molar-refractivity contribution in [2.45, 2.75) is 46.1 Å². The van der Waals surface area contributed by atoms with Crippen LogP contribution in [-0.2, 0) is 6.54 Å². The van der Waals surface area contributed by atoms with Gasteiger partial charge in [-0.3, -0.25) is 0 Å². The molecule has 4 nitrogen and oxygen atoms in total. The molecule has 0 unspecified atom stereocenters. The van der Waals surface area contributed by atoms with Crippen LogP contribution in [0.1, 0.15) is 50.7 Å². The lowest BCUT2D eigenvalue weighted by molar-refractivity contribution is 0.290. The van der Waals surface area contributed by atoms with Gasteiger partial charge in [0.2, 0.25) is 0 Å². The molecule has 0 saturated carbocycles. The van der Waals surface area contributed by atoms with E-state index in [4.69, 9.17) is 4.74 Å². The van der Waals surface area contributed by atoms with Gasteiger partial charge in [-0.25, -0.2) is 9.67 Å². The molecular weight excluding hydrogens is 250 g/mol. The summed E-state index contributed by atoms with van der Waals surface area (Å²) in [6.45, 7) is 9.99. The Morgan fingerprint density at radius 2 is 1.80 bits per heavy atom. The van der Waals surface area contributed by atoms with Crippen LogP contribution in [0.2, 0.25) is 0 Å². The topological polar surface area (TPSA) is 39.9 Å². The third kappa shape index (κ3) is 3.83. The monoisotopic (exact) mass is 272 g/mol. The van der Waals surface area contributed by atoms with E-state index in [2.05, 4.69) is 56.0 Å². The molecular formula is C16H22N3O. The zero-order valence-electron chi connectivity index (χ0n) is 12.6. The second-order valence-corrected chi connectivity index (χ2v) is 5.54. The van der Waals surface area contributed by atoms with E-state index in [1.165, 1.54) is 17.5 Å². The molecule has 4 heteroatoms. The Morgan fingerprint density at radius 3 is 2.30 bits per heavy atom. The van der Waals surface area contributed by atoms with Crippen molar-refractivity contribution < 1.29 is 4.74 Å². The highest BCUT2D eigenvalue weighted by Gasteiger charge is 2.08. The normalized spacial score (nSPS) is 11.3. The zero-order valence-corrected chi connectivity index (χ0v) is 12.6. The number of rotatable bonds is 6. The number of hydrogen-bond acceptors (Lipinski definition) is 3. The highest BCUT2D eigenvalue weighted by atomic mass is 16.5. The van der Waals surface area contributed by atoms with Gasteiger partial charge in [0.1, 0.15) is 25.0 Å². The van der Waals surface area contributed by atoms with Gasteiger partial charge in [0.05, 0.1) is 6.54 Å². The minimum Gasteiger partial charge on any atom is -0.492 e. The molecule has 0 aliphatic rings. The molecule has 0 aliphatic heterocycles. The van der Waals surface area contributed by atoms with Gasteiger partial charge < -0.3 is 4.74 Å². The molecule has 1 aromatic carbocycles. The third-order valence-corrected chi connectivity index (χ3v) is 3.18. The van der Waals surface area contributed by atoms with Crippen LogP contribution in [0.15, 0.2) is 24.8 Å². The maximum absolute atomic E-state index is 5.85. The van der Waals surface area contributed by atoms with Crippen molar-refractivity contribution in [2.75, 3.05) is 6.61 Å². The van der Waals surface area contributed by atoms with Gasteiger partial charge >= 0.3 is 0 Å². The first-order valence-electron chi connectivity index (χ1n) is 7.08. The fraction of sp³-hybridized carbons (Fsp3) is 0.500. The van der Waals surface area contributed by atoms with Crippen LogP contribution in [0.25, 0.3) is 0 Å². The standard InChI is InChI=1S/C16H22N3O/c1-12(2)14-7-15(13(3)4)9-16(8-14)20-6-5-19-11-17-10-18-19/h8-13H,5-6H2,1-4H3. The van der Waals surface area contributed by atoms with Gasteiger partial charge in [0, 0.05) is 0 Å². The molecule has 0 saturated heterocycles. The fourth-order valence-corrected chi connectivity index (χ4v) is 1.90. The molecule has 107 valence electrons. The quantitative estimate of drug-likeness (QED) is 0.809. The average Bonchev–Trinajstić information content (AvgIpc) is 2.91. The minimum atomic E-state index is 0.450. The van der Waals surface area contributed by atoms with E-state index >= 15 is 0 Å². The van der Waals surface area contributed by atoms with Crippen LogP contribution in [0.5, 0.6) is 5.75 Å². The lowest BCUT2D eigenvalue weighted by Gasteiger charge is -2.14. The summed E-state index contributed by atoms with van der Waals surface area (Å²) in [7, 11) is 0. The third-order valence-electron chi connectivity index (χ3n) is 3.18. The van der Waals surface area contributed by atoms with Gasteiger partial charge in [-0.05, 0) is 41.2 Å². The van der Waals surface area contributed by atoms with Gasteiger partial charge in [0.15, 0.2) is 0 Å². The van der Waals surface area contributed by atoms with Crippen LogP contribution in [-0.4, -0.2) is 21.4 Å². The van der Waals surface area contributed by atoms with Crippen LogP contribution in [0.4, 0.5) is 0 Å². The molecule has 0 fully saturated rings. The smallest absolute Gasteiger partial charge is 0.137 e. The molecule has 0 aliphatic carbocycles. The molecule has 0 amide bonds. The summed E-state index contributed by atoms with van der Waals surface area (Å²) < 4.78 is 7.62. The summed E-state index contributed by atoms with van der Waals surface area (Å²) in [5, 5.41) is 4.06. The second-order valence-electron chi connectivity index (χ2n) is 5.54. The minimum absolute atomic E-state index is 0.450. The molecule has 2 aromatic rings. The van der Waals surface area contributed by atoms with E-state index in [1.807, 2.05) is 0 Å². The molecule has 0 bridgehead atoms. The van der Waals surface area contributed by atoms with Crippen molar-refractivity contribution in [3.8, 4) is 5.75 Å². The first-order chi connectivity index (χ1) is 9.56. The molecule has 1 radical (unpaired) electrons. The van der Waals surface area contributed by atoms with Crippen LogP contribution in [0, 0.1) is 6.07 Å². The number of ether oxygens (including phenoxy) is 1. The Morgan fingerprint density at radius 1 is 1.15 bits per heavy atom. The fourth-order valence-electron chi connectivity index (χ4n) is 1.90. The predicted octanol–water partition coefficient (Wildman–Crippen LogP) is 3.40. The molecule has 1 aromatic heterocycles. The average molecular weight is 272 g/mol. The lowest BCUT2D eigenvalue weighted by atomic mass is 9.95. The highest BCUT2D eigenvalue weighted by molar-refractivity contribution is 5.36. The largest absolute Gasteiger partial charge is 0.492 e. The number of nitrogens with zero attached hydrogens (tertiary/aromatic N) is 3. The van der Waals surface area contributed by atoms with Crippen molar-refractivity contribution >= 4 is 0 Å². The maximum atomic E-state index is 5.85. The highest BCUT2D eigenvalue weighted by Crippen LogP contribution is 2.26. The van der Waals surface area contributed by atoms with E-state index in [0.29, 0.717) is 25.0 Å². The maximum Gasteiger partial charge on any atom is 0.137 e. The van der Waals surface area contributed by atoms with E-state index in [0.717, 1.165) is 5.75 Å². The summed E-state index contributed by atoms with van der Waals surface area (Å²) in [6, 6.07) is 7.64. The summed E-state index contributed by atoms with van der Waals surface area (Å²) in [5.41, 5.74) is 2.40. The van der Waals surface area contributed by atoms with Gasteiger partial charge in [-0.1, -0.05) is 27.7 Å². The number of aromatic nitrogens is 3. The molecule has 0 spiro atoms. The van der Waals surface area contributed by atoms with Gasteiger partial charge in [-0.15, -0.1) is 0 Å². The summed E-state index contributed by atoms with van der Waals surface area (Å²) in [6.07, 6.45) is 3.23. The first-order valence-corrected chi connectivity index (χ1v) is 7.08. The molecule has 1 heterocycles. The van der Waals surface area contributed by atoms with Gasteiger partial charge in [0.25, 0.3) is 0 Å². The SMILES string of the molecule is CC(C)c1[c]c(C(C)C)cc(OCCn2cncn2)c1. The predicted molar refractivity (Wildman–Crippen MR) is 79.0 cm³/mol. The molecule has 20 heavy (non-hydrogen) atoms. The van der Waals surface area contributed by atoms with Crippen molar-refractivity contribution in [3.05, 3.63) is 42.0 Å². The Hall–Kier alpha value is -1.84. The number of hydrogen-bond donors (Lipinski definition) is 0. The molecule has 0 atom stereocenters. The summed E-state index contributed by atoms with van der Waals surface area (Å²) >= 11 is 0. The molecule has 2 rings (SSSR count). The van der Waals surface area contributed by atoms with Crippen molar-refractivity contribution in [3.63, 3.8) is 0 Å². The Labute approximate surface area is 120 Å². The Bertz CT molecular complexity index is 506. The van der Waals surface area contributed by atoms with Crippen molar-refractivity contribution in [2.24, 2.45) is 0 Å². The summed E-state index contributed by atoms with van der Waals surface area (Å²) in [4.78, 5) is 3.91. The van der Waals surface area contributed by atoms with E-state index in [1.54, 1.807) is 11.0 Å². The summed E-state index contributed by atoms with van der Waals surface area (Å²) in [5.74, 6) is 1.81. The number of benzene rings is 1. The van der Waals surface area contributed by atoms with Gasteiger partial charge in [-0.2, -0.15) is 5.10 Å².